The van der Waals surface area contributed by atoms with Crippen LogP contribution in [-0.2, 0) is 13.0 Å². The van der Waals surface area contributed by atoms with Crippen molar-refractivity contribution < 1.29 is 0 Å². The minimum absolute atomic E-state index is 0.192. The van der Waals surface area contributed by atoms with Gasteiger partial charge < -0.3 is 11.5 Å². The lowest BCUT2D eigenvalue weighted by molar-refractivity contribution is 0.422. The Kier molecular flexibility index (Phi) is 2.33. The fraction of sp³-hybridized carbons (Fsp3) is 0.333. The summed E-state index contributed by atoms with van der Waals surface area (Å²) in [5.41, 5.74) is 13.4. The topological polar surface area (TPSA) is 82.8 Å². The quantitative estimate of drug-likeness (QED) is 0.708. The summed E-state index contributed by atoms with van der Waals surface area (Å²) in [6, 6.07) is 7.82. The van der Waals surface area contributed by atoms with Gasteiger partial charge in [0.15, 0.2) is 5.82 Å². The van der Waals surface area contributed by atoms with E-state index in [4.69, 9.17) is 11.5 Å². The highest BCUT2D eigenvalue weighted by Gasteiger charge is 2.19. The molecule has 2 aromatic rings. The Balaban J connectivity index is 2.00. The average Bonchev–Trinajstić information content (AvgIpc) is 2.72. The van der Waals surface area contributed by atoms with E-state index in [-0.39, 0.29) is 6.04 Å². The van der Waals surface area contributed by atoms with E-state index in [0.717, 1.165) is 42.3 Å². The molecule has 17 heavy (non-hydrogen) atoms. The molecule has 4 N–H and O–H groups in total. The van der Waals surface area contributed by atoms with Crippen LogP contribution < -0.4 is 11.5 Å². The molecule has 0 amide bonds. The predicted molar refractivity (Wildman–Crippen MR) is 66.2 cm³/mol. The Morgan fingerprint density at radius 2 is 2.24 bits per heavy atom. The van der Waals surface area contributed by atoms with Crippen molar-refractivity contribution >= 4 is 5.69 Å². The number of hydrogen-bond acceptors (Lipinski definition) is 4. The molecule has 1 aromatic carbocycles. The van der Waals surface area contributed by atoms with E-state index in [2.05, 4.69) is 10.1 Å². The second-order valence-corrected chi connectivity index (χ2v) is 4.46. The molecule has 0 spiro atoms. The van der Waals surface area contributed by atoms with E-state index < -0.39 is 0 Å². The van der Waals surface area contributed by atoms with Crippen LogP contribution in [0.25, 0.3) is 11.4 Å². The number of aryl methyl sites for hydroxylation is 1. The maximum absolute atomic E-state index is 5.91. The Bertz CT molecular complexity index is 546. The van der Waals surface area contributed by atoms with E-state index in [0.29, 0.717) is 0 Å². The van der Waals surface area contributed by atoms with Crippen molar-refractivity contribution in [3.05, 3.63) is 30.1 Å². The Labute approximate surface area is 99.4 Å². The molecule has 2 heterocycles. The van der Waals surface area contributed by atoms with Crippen molar-refractivity contribution in [1.29, 1.82) is 0 Å². The number of nitrogen functional groups attached to an aromatic ring is 1. The largest absolute Gasteiger partial charge is 0.399 e. The van der Waals surface area contributed by atoms with E-state index in [9.17, 15) is 0 Å². The van der Waals surface area contributed by atoms with Gasteiger partial charge in [-0.1, -0.05) is 12.1 Å². The highest BCUT2D eigenvalue weighted by Crippen LogP contribution is 2.20. The molecular formula is C12H15N5. The monoisotopic (exact) mass is 229 g/mol. The van der Waals surface area contributed by atoms with Gasteiger partial charge in [-0.2, -0.15) is 5.10 Å². The van der Waals surface area contributed by atoms with Crippen molar-refractivity contribution in [2.24, 2.45) is 5.73 Å². The first-order chi connectivity index (χ1) is 8.22. The second kappa shape index (κ2) is 3.85. The van der Waals surface area contributed by atoms with Crippen molar-refractivity contribution in [2.75, 3.05) is 5.73 Å². The molecule has 1 aromatic heterocycles. The van der Waals surface area contributed by atoms with Crippen LogP contribution in [0.1, 0.15) is 12.2 Å². The summed E-state index contributed by atoms with van der Waals surface area (Å²) in [6.07, 6.45) is 1.88. The van der Waals surface area contributed by atoms with Gasteiger partial charge in [-0.15, -0.1) is 0 Å². The van der Waals surface area contributed by atoms with Crippen molar-refractivity contribution in [2.45, 2.75) is 25.4 Å². The molecule has 0 saturated heterocycles. The number of nitrogens with zero attached hydrogens (tertiary/aromatic N) is 3. The van der Waals surface area contributed by atoms with Crippen LogP contribution in [0, 0.1) is 0 Å². The third kappa shape index (κ3) is 1.89. The molecule has 0 saturated carbocycles. The van der Waals surface area contributed by atoms with Gasteiger partial charge in [0.05, 0.1) is 6.54 Å². The third-order valence-corrected chi connectivity index (χ3v) is 3.04. The molecule has 88 valence electrons. The molecular weight excluding hydrogens is 214 g/mol. The first-order valence-corrected chi connectivity index (χ1v) is 5.77. The Morgan fingerprint density at radius 3 is 3.06 bits per heavy atom. The van der Waals surface area contributed by atoms with Crippen LogP contribution in [0.5, 0.6) is 0 Å². The third-order valence-electron chi connectivity index (χ3n) is 3.04. The molecule has 1 aliphatic heterocycles. The molecule has 1 unspecified atom stereocenters. The summed E-state index contributed by atoms with van der Waals surface area (Å²) in [6.45, 7) is 0.755. The molecule has 0 radical (unpaired) electrons. The zero-order valence-corrected chi connectivity index (χ0v) is 9.50. The van der Waals surface area contributed by atoms with Gasteiger partial charge >= 0.3 is 0 Å². The fourth-order valence-electron chi connectivity index (χ4n) is 2.13. The average molecular weight is 229 g/mol. The highest BCUT2D eigenvalue weighted by molar-refractivity contribution is 5.60. The number of nitrogens with two attached hydrogens (primary N) is 2. The van der Waals surface area contributed by atoms with Gasteiger partial charge in [-0.3, -0.25) is 0 Å². The predicted octanol–water partition coefficient (Wildman–Crippen LogP) is 0.801. The molecule has 5 nitrogen and oxygen atoms in total. The van der Waals surface area contributed by atoms with Crippen LogP contribution in [0.15, 0.2) is 24.3 Å². The molecule has 3 rings (SSSR count). The van der Waals surface area contributed by atoms with Crippen LogP contribution in [0.2, 0.25) is 0 Å². The summed E-state index contributed by atoms with van der Waals surface area (Å²) in [5.74, 6) is 1.76. The zero-order chi connectivity index (χ0) is 11.8. The standard InChI is InChI=1S/C12H15N5/c13-9-3-1-2-8(6-9)12-15-11-5-4-10(14)7-17(11)16-12/h1-3,6,10H,4-5,7,13-14H2. The van der Waals surface area contributed by atoms with Crippen molar-refractivity contribution in [3.63, 3.8) is 0 Å². The molecule has 0 aliphatic carbocycles. The molecule has 0 bridgehead atoms. The van der Waals surface area contributed by atoms with Gasteiger partial charge in [0.25, 0.3) is 0 Å². The molecule has 5 heteroatoms. The summed E-state index contributed by atoms with van der Waals surface area (Å²) in [7, 11) is 0. The summed E-state index contributed by atoms with van der Waals surface area (Å²) >= 11 is 0. The first-order valence-electron chi connectivity index (χ1n) is 5.77. The highest BCUT2D eigenvalue weighted by atomic mass is 15.4. The van der Waals surface area contributed by atoms with Gasteiger partial charge in [0.2, 0.25) is 0 Å². The van der Waals surface area contributed by atoms with Crippen LogP contribution >= 0.6 is 0 Å². The van der Waals surface area contributed by atoms with Crippen LogP contribution in [0.3, 0.4) is 0 Å². The number of benzene rings is 1. The molecule has 0 fully saturated rings. The normalized spacial score (nSPS) is 19.0. The summed E-state index contributed by atoms with van der Waals surface area (Å²) in [4.78, 5) is 4.54. The minimum atomic E-state index is 0.192. The second-order valence-electron chi connectivity index (χ2n) is 4.46. The first kappa shape index (κ1) is 10.3. The summed E-state index contributed by atoms with van der Waals surface area (Å²) < 4.78 is 1.91. The van der Waals surface area contributed by atoms with Crippen molar-refractivity contribution in [3.8, 4) is 11.4 Å². The van der Waals surface area contributed by atoms with Crippen LogP contribution in [-0.4, -0.2) is 20.8 Å². The van der Waals surface area contributed by atoms with Gasteiger partial charge in [-0.05, 0) is 18.6 Å². The summed E-state index contributed by atoms with van der Waals surface area (Å²) in [5, 5.41) is 4.48. The van der Waals surface area contributed by atoms with Gasteiger partial charge in [-0.25, -0.2) is 9.67 Å². The minimum Gasteiger partial charge on any atom is -0.399 e. The lowest BCUT2D eigenvalue weighted by Crippen LogP contribution is -2.32. The molecule has 1 aliphatic rings. The Morgan fingerprint density at radius 1 is 1.35 bits per heavy atom. The lowest BCUT2D eigenvalue weighted by Gasteiger charge is -2.17. The number of rotatable bonds is 1. The number of aromatic nitrogens is 3. The maximum Gasteiger partial charge on any atom is 0.181 e. The van der Waals surface area contributed by atoms with E-state index >= 15 is 0 Å². The Hall–Kier alpha value is -1.88. The van der Waals surface area contributed by atoms with Crippen LogP contribution in [0.4, 0.5) is 5.69 Å². The van der Waals surface area contributed by atoms with E-state index in [1.807, 2.05) is 28.9 Å². The zero-order valence-electron chi connectivity index (χ0n) is 9.50. The maximum atomic E-state index is 5.91. The fourth-order valence-corrected chi connectivity index (χ4v) is 2.13. The number of fused-ring (bicyclic) bond motifs is 1. The van der Waals surface area contributed by atoms with E-state index in [1.54, 1.807) is 0 Å². The van der Waals surface area contributed by atoms with Gasteiger partial charge in [0.1, 0.15) is 5.82 Å². The lowest BCUT2D eigenvalue weighted by atomic mass is 10.1. The molecule has 1 atom stereocenters. The SMILES string of the molecule is Nc1cccc(-c2nc3n(n2)CC(N)CC3)c1. The van der Waals surface area contributed by atoms with Gasteiger partial charge in [0, 0.05) is 23.7 Å². The number of anilines is 1. The van der Waals surface area contributed by atoms with E-state index in [1.165, 1.54) is 0 Å². The number of hydrogen-bond donors (Lipinski definition) is 2. The smallest absolute Gasteiger partial charge is 0.181 e. The van der Waals surface area contributed by atoms with Crippen molar-refractivity contribution in [1.82, 2.24) is 14.8 Å².